The Bertz CT molecular complexity index is 640. The zero-order valence-corrected chi connectivity index (χ0v) is 10.3. The second kappa shape index (κ2) is 3.98. The van der Waals surface area contributed by atoms with Crippen molar-refractivity contribution in [1.29, 1.82) is 0 Å². The van der Waals surface area contributed by atoms with E-state index in [0.717, 1.165) is 21.5 Å². The van der Waals surface area contributed by atoms with Crippen LogP contribution in [0.15, 0.2) is 41.8 Å². The van der Waals surface area contributed by atoms with Gasteiger partial charge in [-0.25, -0.2) is 0 Å². The predicted molar refractivity (Wildman–Crippen MR) is 71.1 cm³/mol. The van der Waals surface area contributed by atoms with E-state index in [0.29, 0.717) is 0 Å². The normalized spacial score (nSPS) is 13.1. The first-order chi connectivity index (χ1) is 8.27. The number of fused-ring (bicyclic) bond motifs is 1. The smallest absolute Gasteiger partial charge is 0.0924 e. The molecule has 17 heavy (non-hydrogen) atoms. The highest BCUT2D eigenvalue weighted by Gasteiger charge is 2.17. The fraction of sp³-hybridized carbons (Fsp3) is 0.154. The van der Waals surface area contributed by atoms with Crippen LogP contribution in [-0.2, 0) is 7.05 Å². The minimum atomic E-state index is -0.138. The number of thiophene rings is 1. The fourth-order valence-electron chi connectivity index (χ4n) is 2.07. The highest BCUT2D eigenvalue weighted by molar-refractivity contribution is 7.10. The van der Waals surface area contributed by atoms with E-state index in [4.69, 9.17) is 5.73 Å². The van der Waals surface area contributed by atoms with Crippen LogP contribution < -0.4 is 5.73 Å². The Labute approximate surface area is 103 Å². The van der Waals surface area contributed by atoms with Gasteiger partial charge in [-0.2, -0.15) is 5.10 Å². The quantitative estimate of drug-likeness (QED) is 0.752. The summed E-state index contributed by atoms with van der Waals surface area (Å²) in [5.74, 6) is 0. The van der Waals surface area contributed by atoms with E-state index >= 15 is 0 Å². The van der Waals surface area contributed by atoms with Crippen LogP contribution in [0.4, 0.5) is 0 Å². The molecule has 0 spiro atoms. The van der Waals surface area contributed by atoms with Gasteiger partial charge in [0.05, 0.1) is 17.3 Å². The first-order valence-corrected chi connectivity index (χ1v) is 6.36. The molecule has 0 saturated carbocycles. The van der Waals surface area contributed by atoms with E-state index in [1.165, 1.54) is 0 Å². The van der Waals surface area contributed by atoms with E-state index in [1.54, 1.807) is 11.3 Å². The number of rotatable bonds is 2. The van der Waals surface area contributed by atoms with Crippen LogP contribution in [0.2, 0.25) is 0 Å². The zero-order chi connectivity index (χ0) is 11.8. The van der Waals surface area contributed by atoms with Gasteiger partial charge in [0.25, 0.3) is 0 Å². The van der Waals surface area contributed by atoms with E-state index in [1.807, 2.05) is 35.3 Å². The van der Waals surface area contributed by atoms with Gasteiger partial charge in [0.2, 0.25) is 0 Å². The maximum Gasteiger partial charge on any atom is 0.0924 e. The lowest BCUT2D eigenvalue weighted by Crippen LogP contribution is -2.11. The zero-order valence-electron chi connectivity index (χ0n) is 9.50. The average Bonchev–Trinajstić information content (AvgIpc) is 2.97. The molecule has 0 saturated heterocycles. The molecule has 0 bridgehead atoms. The second-order valence-corrected chi connectivity index (χ2v) is 5.00. The van der Waals surface area contributed by atoms with E-state index in [-0.39, 0.29) is 6.04 Å². The first-order valence-electron chi connectivity index (χ1n) is 5.48. The molecule has 1 aromatic carbocycles. The van der Waals surface area contributed by atoms with Crippen molar-refractivity contribution in [3.05, 3.63) is 52.3 Å². The van der Waals surface area contributed by atoms with E-state index in [9.17, 15) is 0 Å². The number of hydrogen-bond donors (Lipinski definition) is 1. The minimum absolute atomic E-state index is 0.138. The van der Waals surface area contributed by atoms with Gasteiger partial charge in [-0.1, -0.05) is 24.3 Å². The molecular weight excluding hydrogens is 230 g/mol. The lowest BCUT2D eigenvalue weighted by molar-refractivity contribution is 0.737. The SMILES string of the molecule is Cn1nc(C(N)c2cccs2)c2ccccc21. The number of aryl methyl sites for hydroxylation is 1. The van der Waals surface area contributed by atoms with Gasteiger partial charge in [0, 0.05) is 17.3 Å². The molecule has 2 aromatic heterocycles. The predicted octanol–water partition coefficient (Wildman–Crippen LogP) is 2.68. The van der Waals surface area contributed by atoms with Crippen molar-refractivity contribution in [2.24, 2.45) is 12.8 Å². The topological polar surface area (TPSA) is 43.8 Å². The Morgan fingerprint density at radius 2 is 2.06 bits per heavy atom. The molecule has 3 rings (SSSR count). The molecular formula is C13H13N3S. The monoisotopic (exact) mass is 243 g/mol. The third kappa shape index (κ3) is 1.66. The summed E-state index contributed by atoms with van der Waals surface area (Å²) in [6.45, 7) is 0. The van der Waals surface area contributed by atoms with Crippen LogP contribution in [-0.4, -0.2) is 9.78 Å². The molecule has 3 aromatic rings. The molecule has 0 radical (unpaired) electrons. The van der Waals surface area contributed by atoms with Crippen LogP contribution in [0.5, 0.6) is 0 Å². The average molecular weight is 243 g/mol. The molecule has 2 N–H and O–H groups in total. The van der Waals surface area contributed by atoms with Crippen LogP contribution in [0.3, 0.4) is 0 Å². The largest absolute Gasteiger partial charge is 0.318 e. The minimum Gasteiger partial charge on any atom is -0.318 e. The summed E-state index contributed by atoms with van der Waals surface area (Å²) in [5, 5.41) is 7.72. The molecule has 3 nitrogen and oxygen atoms in total. The van der Waals surface area contributed by atoms with Crippen molar-refractivity contribution in [2.75, 3.05) is 0 Å². The maximum atomic E-state index is 6.27. The number of para-hydroxylation sites is 1. The standard InChI is InChI=1S/C13H13N3S/c1-16-10-6-3-2-5-9(10)13(15-16)12(14)11-7-4-8-17-11/h2-8,12H,14H2,1H3. The third-order valence-electron chi connectivity index (χ3n) is 2.93. The number of nitrogens with two attached hydrogens (primary N) is 1. The summed E-state index contributed by atoms with van der Waals surface area (Å²) in [5.41, 5.74) is 8.34. The summed E-state index contributed by atoms with van der Waals surface area (Å²) >= 11 is 1.67. The van der Waals surface area contributed by atoms with Crippen LogP contribution in [0.1, 0.15) is 16.6 Å². The Kier molecular flexibility index (Phi) is 2.46. The summed E-state index contributed by atoms with van der Waals surface area (Å²) in [6.07, 6.45) is 0. The number of aromatic nitrogens is 2. The molecule has 0 fully saturated rings. The molecule has 1 unspecified atom stereocenters. The maximum absolute atomic E-state index is 6.27. The van der Waals surface area contributed by atoms with E-state index < -0.39 is 0 Å². The number of benzene rings is 1. The van der Waals surface area contributed by atoms with Crippen LogP contribution in [0, 0.1) is 0 Å². The highest BCUT2D eigenvalue weighted by atomic mass is 32.1. The van der Waals surface area contributed by atoms with Crippen molar-refractivity contribution in [3.8, 4) is 0 Å². The van der Waals surface area contributed by atoms with Gasteiger partial charge in [-0.3, -0.25) is 4.68 Å². The molecule has 2 heterocycles. The van der Waals surface area contributed by atoms with Gasteiger partial charge < -0.3 is 5.73 Å². The fourth-order valence-corrected chi connectivity index (χ4v) is 2.80. The van der Waals surface area contributed by atoms with Crippen molar-refractivity contribution in [2.45, 2.75) is 6.04 Å². The highest BCUT2D eigenvalue weighted by Crippen LogP contribution is 2.28. The van der Waals surface area contributed by atoms with Gasteiger partial charge >= 0.3 is 0 Å². The Balaban J connectivity index is 2.18. The second-order valence-electron chi connectivity index (χ2n) is 4.02. The van der Waals surface area contributed by atoms with Crippen molar-refractivity contribution in [3.63, 3.8) is 0 Å². The van der Waals surface area contributed by atoms with Gasteiger partial charge in [0.1, 0.15) is 0 Å². The Morgan fingerprint density at radius 1 is 1.24 bits per heavy atom. The lowest BCUT2D eigenvalue weighted by atomic mass is 10.1. The molecule has 1 atom stereocenters. The number of nitrogens with zero attached hydrogens (tertiary/aromatic N) is 2. The molecule has 0 aliphatic rings. The Morgan fingerprint density at radius 3 is 2.82 bits per heavy atom. The molecule has 86 valence electrons. The summed E-state index contributed by atoms with van der Waals surface area (Å²) in [7, 11) is 1.95. The third-order valence-corrected chi connectivity index (χ3v) is 3.89. The lowest BCUT2D eigenvalue weighted by Gasteiger charge is -2.06. The molecule has 4 heteroatoms. The summed E-state index contributed by atoms with van der Waals surface area (Å²) < 4.78 is 1.89. The van der Waals surface area contributed by atoms with Crippen molar-refractivity contribution >= 4 is 22.2 Å². The first kappa shape index (κ1) is 10.5. The van der Waals surface area contributed by atoms with Crippen molar-refractivity contribution in [1.82, 2.24) is 9.78 Å². The molecule has 0 amide bonds. The molecule has 0 aliphatic carbocycles. The number of hydrogen-bond acceptors (Lipinski definition) is 3. The van der Waals surface area contributed by atoms with Crippen LogP contribution in [0.25, 0.3) is 10.9 Å². The van der Waals surface area contributed by atoms with Gasteiger partial charge in [-0.15, -0.1) is 11.3 Å². The molecule has 0 aliphatic heterocycles. The Hall–Kier alpha value is -1.65. The van der Waals surface area contributed by atoms with Crippen molar-refractivity contribution < 1.29 is 0 Å². The van der Waals surface area contributed by atoms with Crippen LogP contribution >= 0.6 is 11.3 Å². The summed E-state index contributed by atoms with van der Waals surface area (Å²) in [4.78, 5) is 1.15. The van der Waals surface area contributed by atoms with Gasteiger partial charge in [-0.05, 0) is 17.5 Å². The van der Waals surface area contributed by atoms with E-state index in [2.05, 4.69) is 23.3 Å². The van der Waals surface area contributed by atoms with Gasteiger partial charge in [0.15, 0.2) is 0 Å². The summed E-state index contributed by atoms with van der Waals surface area (Å²) in [6, 6.07) is 12.1.